The average molecular weight is 260 g/mol. The van der Waals surface area contributed by atoms with Crippen LogP contribution in [0.2, 0.25) is 0 Å². The molecule has 0 bridgehead atoms. The van der Waals surface area contributed by atoms with E-state index in [0.717, 1.165) is 37.7 Å². The van der Waals surface area contributed by atoms with E-state index in [1.165, 1.54) is 17.6 Å². The molecule has 0 saturated heterocycles. The first-order valence-corrected chi connectivity index (χ1v) is 7.59. The van der Waals surface area contributed by atoms with Gasteiger partial charge in [-0.25, -0.2) is 0 Å². The van der Waals surface area contributed by atoms with Crippen molar-refractivity contribution >= 4 is 5.78 Å². The fourth-order valence-corrected chi connectivity index (χ4v) is 4.76. The first kappa shape index (κ1) is 13.1. The topological polar surface area (TPSA) is 37.3 Å². The minimum Gasteiger partial charge on any atom is -0.395 e. The van der Waals surface area contributed by atoms with E-state index in [0.29, 0.717) is 12.2 Å². The lowest BCUT2D eigenvalue weighted by atomic mass is 9.51. The summed E-state index contributed by atoms with van der Waals surface area (Å²) >= 11 is 0. The molecule has 1 saturated carbocycles. The van der Waals surface area contributed by atoms with E-state index in [4.69, 9.17) is 0 Å². The average Bonchev–Trinajstić information content (AvgIpc) is 2.43. The summed E-state index contributed by atoms with van der Waals surface area (Å²) in [6.07, 6.45) is 9.44. The molecule has 0 aliphatic heterocycles. The lowest BCUT2D eigenvalue weighted by molar-refractivity contribution is -0.116. The van der Waals surface area contributed by atoms with Gasteiger partial charge in [-0.3, -0.25) is 4.79 Å². The number of hydrogen-bond acceptors (Lipinski definition) is 2. The van der Waals surface area contributed by atoms with Crippen LogP contribution in [0.5, 0.6) is 0 Å². The largest absolute Gasteiger partial charge is 0.395 e. The van der Waals surface area contributed by atoms with Gasteiger partial charge in [0.1, 0.15) is 0 Å². The summed E-state index contributed by atoms with van der Waals surface area (Å²) in [5, 5.41) is 9.98. The van der Waals surface area contributed by atoms with Gasteiger partial charge in [0.2, 0.25) is 0 Å². The molecule has 3 rings (SSSR count). The summed E-state index contributed by atoms with van der Waals surface area (Å²) in [5.41, 5.74) is 3.87. The van der Waals surface area contributed by atoms with Crippen LogP contribution in [0.25, 0.3) is 0 Å². The Kier molecular flexibility index (Phi) is 2.97. The molecule has 0 spiro atoms. The minimum absolute atomic E-state index is 0.0111. The molecule has 1 unspecified atom stereocenters. The fourth-order valence-electron chi connectivity index (χ4n) is 4.76. The first-order chi connectivity index (χ1) is 9.03. The summed E-state index contributed by atoms with van der Waals surface area (Å²) in [6.45, 7) is 4.58. The molecule has 1 N–H and O–H groups in total. The van der Waals surface area contributed by atoms with Gasteiger partial charge in [0.25, 0.3) is 0 Å². The number of fused-ring (bicyclic) bond motifs is 3. The van der Waals surface area contributed by atoms with Crippen LogP contribution in [0, 0.1) is 10.8 Å². The van der Waals surface area contributed by atoms with E-state index < -0.39 is 0 Å². The molecular formula is C17H24O2. The van der Waals surface area contributed by atoms with Crippen molar-refractivity contribution in [3.05, 3.63) is 22.8 Å². The molecule has 3 aliphatic carbocycles. The van der Waals surface area contributed by atoms with E-state index in [1.807, 2.05) is 6.92 Å². The molecule has 2 heteroatoms. The third-order valence-electron chi connectivity index (χ3n) is 5.92. The van der Waals surface area contributed by atoms with Gasteiger partial charge in [0.15, 0.2) is 5.78 Å². The smallest absolute Gasteiger partial charge is 0.158 e. The fraction of sp³-hybridized carbons (Fsp3) is 0.706. The van der Waals surface area contributed by atoms with Crippen LogP contribution in [0.3, 0.4) is 0 Å². The van der Waals surface area contributed by atoms with E-state index in [-0.39, 0.29) is 17.4 Å². The van der Waals surface area contributed by atoms with Gasteiger partial charge in [0, 0.05) is 17.3 Å². The zero-order chi connectivity index (χ0) is 13.7. The summed E-state index contributed by atoms with van der Waals surface area (Å²) in [4.78, 5) is 12.0. The summed E-state index contributed by atoms with van der Waals surface area (Å²) in [5.74, 6) is 0.334. The Balaban J connectivity index is 2.14. The molecule has 0 heterocycles. The van der Waals surface area contributed by atoms with Crippen LogP contribution in [-0.4, -0.2) is 17.5 Å². The number of allylic oxidation sites excluding steroid dienone is 3. The Morgan fingerprint density at radius 3 is 2.79 bits per heavy atom. The van der Waals surface area contributed by atoms with Gasteiger partial charge in [-0.2, -0.15) is 0 Å². The molecule has 0 aromatic heterocycles. The number of carbonyl (C=O) groups is 1. The van der Waals surface area contributed by atoms with Crippen LogP contribution in [-0.2, 0) is 4.79 Å². The second kappa shape index (κ2) is 4.31. The summed E-state index contributed by atoms with van der Waals surface area (Å²) in [6, 6.07) is 0. The van der Waals surface area contributed by atoms with Crippen molar-refractivity contribution in [3.8, 4) is 0 Å². The molecule has 19 heavy (non-hydrogen) atoms. The van der Waals surface area contributed by atoms with E-state index in [9.17, 15) is 9.90 Å². The number of aliphatic hydroxyl groups excluding tert-OH is 1. The van der Waals surface area contributed by atoms with Crippen molar-refractivity contribution in [1.82, 2.24) is 0 Å². The van der Waals surface area contributed by atoms with E-state index >= 15 is 0 Å². The molecule has 2 nitrogen and oxygen atoms in total. The van der Waals surface area contributed by atoms with Gasteiger partial charge in [-0.1, -0.05) is 24.1 Å². The van der Waals surface area contributed by atoms with Gasteiger partial charge in [0.05, 0.1) is 6.61 Å². The highest BCUT2D eigenvalue weighted by molar-refractivity contribution is 5.97. The molecular weight excluding hydrogens is 236 g/mol. The second-order valence-electron chi connectivity index (χ2n) is 6.81. The maximum absolute atomic E-state index is 12.0. The number of carbonyl (C=O) groups excluding carboxylic acids is 1. The Bertz CT molecular complexity index is 485. The second-order valence-corrected chi connectivity index (χ2v) is 6.81. The van der Waals surface area contributed by atoms with Crippen molar-refractivity contribution in [2.45, 2.75) is 58.8 Å². The monoisotopic (exact) mass is 260 g/mol. The van der Waals surface area contributed by atoms with Crippen LogP contribution in [0.15, 0.2) is 22.8 Å². The standard InChI is InChI=1S/C17H24O2/c1-12-13-6-10-17(11-18)8-4-3-5-15(17)16(13,2)9-7-14(12)19/h5,18H,3-4,6-11H2,1-2H3/t16?,17-/m1/s1. The SMILES string of the molecule is CC1=C2CC[C@@]3(CO)CCCC=C3C2(C)CCC1=O. The lowest BCUT2D eigenvalue weighted by Crippen LogP contribution is -2.45. The third kappa shape index (κ3) is 1.69. The highest BCUT2D eigenvalue weighted by Gasteiger charge is 2.51. The van der Waals surface area contributed by atoms with E-state index in [2.05, 4.69) is 13.0 Å². The highest BCUT2D eigenvalue weighted by atomic mass is 16.3. The Morgan fingerprint density at radius 2 is 2.05 bits per heavy atom. The van der Waals surface area contributed by atoms with Crippen LogP contribution < -0.4 is 0 Å². The predicted octanol–water partition coefficient (Wildman–Crippen LogP) is 3.55. The Hall–Kier alpha value is -0.890. The van der Waals surface area contributed by atoms with Crippen molar-refractivity contribution in [3.63, 3.8) is 0 Å². The molecule has 3 aliphatic rings. The maximum atomic E-state index is 12.0. The molecule has 0 amide bonds. The molecule has 0 aromatic rings. The van der Waals surface area contributed by atoms with Crippen molar-refractivity contribution in [2.24, 2.45) is 10.8 Å². The third-order valence-corrected chi connectivity index (χ3v) is 5.92. The van der Waals surface area contributed by atoms with Gasteiger partial charge >= 0.3 is 0 Å². The van der Waals surface area contributed by atoms with Crippen molar-refractivity contribution in [1.29, 1.82) is 0 Å². The van der Waals surface area contributed by atoms with Gasteiger partial charge in [-0.15, -0.1) is 0 Å². The van der Waals surface area contributed by atoms with Crippen LogP contribution in [0.4, 0.5) is 0 Å². The molecule has 0 radical (unpaired) electrons. The number of Topliss-reactive ketones (excluding diaryl/α,β-unsaturated/α-hetero) is 1. The van der Waals surface area contributed by atoms with E-state index in [1.54, 1.807) is 0 Å². The number of rotatable bonds is 1. The predicted molar refractivity (Wildman–Crippen MR) is 75.7 cm³/mol. The first-order valence-electron chi connectivity index (χ1n) is 7.59. The highest BCUT2D eigenvalue weighted by Crippen LogP contribution is 2.60. The van der Waals surface area contributed by atoms with Crippen molar-refractivity contribution < 1.29 is 9.90 Å². The Morgan fingerprint density at radius 1 is 1.26 bits per heavy atom. The maximum Gasteiger partial charge on any atom is 0.158 e. The van der Waals surface area contributed by atoms with Gasteiger partial charge in [-0.05, 0) is 51.0 Å². The molecule has 104 valence electrons. The zero-order valence-corrected chi connectivity index (χ0v) is 12.1. The molecule has 1 fully saturated rings. The normalized spacial score (nSPS) is 38.7. The van der Waals surface area contributed by atoms with Crippen LogP contribution >= 0.6 is 0 Å². The Labute approximate surface area is 115 Å². The van der Waals surface area contributed by atoms with Gasteiger partial charge < -0.3 is 5.11 Å². The quantitative estimate of drug-likeness (QED) is 0.732. The van der Waals surface area contributed by atoms with Crippen molar-refractivity contribution in [2.75, 3.05) is 6.61 Å². The number of hydrogen-bond donors (Lipinski definition) is 1. The summed E-state index contributed by atoms with van der Waals surface area (Å²) < 4.78 is 0. The van der Waals surface area contributed by atoms with Crippen LogP contribution in [0.1, 0.15) is 58.8 Å². The summed E-state index contributed by atoms with van der Waals surface area (Å²) in [7, 11) is 0. The zero-order valence-electron chi connectivity index (χ0n) is 12.1. The molecule has 2 atom stereocenters. The molecule has 0 aromatic carbocycles. The number of aliphatic hydroxyl groups is 1. The minimum atomic E-state index is 0.0111. The number of ketones is 1. The lowest BCUT2D eigenvalue weighted by Gasteiger charge is -2.53.